The van der Waals surface area contributed by atoms with Crippen molar-refractivity contribution in [2.75, 3.05) is 23.9 Å². The number of amides is 2. The highest BCUT2D eigenvalue weighted by Gasteiger charge is 2.36. The van der Waals surface area contributed by atoms with Crippen LogP contribution in [0.1, 0.15) is 31.9 Å². The van der Waals surface area contributed by atoms with E-state index in [-0.39, 0.29) is 24.3 Å². The number of aromatic nitrogens is 2. The highest BCUT2D eigenvalue weighted by Crippen LogP contribution is 2.34. The number of nitrogens with one attached hydrogen (secondary N) is 1. The molecule has 1 N–H and O–H groups in total. The summed E-state index contributed by atoms with van der Waals surface area (Å²) >= 11 is 0. The molecule has 7 nitrogen and oxygen atoms in total. The highest BCUT2D eigenvalue weighted by atomic mass is 16.5. The Hall–Kier alpha value is -2.83. The summed E-state index contributed by atoms with van der Waals surface area (Å²) in [6.45, 7) is 6.28. The molecule has 0 saturated carbocycles. The number of carbonyl (C=O) groups excluding carboxylic acids is 2. The smallest absolute Gasteiger partial charge is 0.230 e. The molecule has 1 fully saturated rings. The Balaban J connectivity index is 1.76. The number of rotatable bonds is 5. The third-order valence-corrected chi connectivity index (χ3v) is 4.53. The van der Waals surface area contributed by atoms with Crippen LogP contribution in [0.5, 0.6) is 5.75 Å². The molecular formula is C19H24N4O3. The fraction of sp³-hybridized carbons (Fsp3) is 0.421. The van der Waals surface area contributed by atoms with Crippen molar-refractivity contribution in [1.29, 1.82) is 0 Å². The molecule has 1 saturated heterocycles. The summed E-state index contributed by atoms with van der Waals surface area (Å²) in [5, 5.41) is 7.11. The quantitative estimate of drug-likeness (QED) is 0.894. The molecule has 1 aliphatic heterocycles. The highest BCUT2D eigenvalue weighted by molar-refractivity contribution is 6.04. The first kappa shape index (κ1) is 18.0. The van der Waals surface area contributed by atoms with Crippen molar-refractivity contribution in [1.82, 2.24) is 9.78 Å². The predicted octanol–water partition coefficient (Wildman–Crippen LogP) is 2.77. The predicted molar refractivity (Wildman–Crippen MR) is 99.4 cm³/mol. The van der Waals surface area contributed by atoms with Gasteiger partial charge < -0.3 is 15.0 Å². The second kappa shape index (κ2) is 7.19. The van der Waals surface area contributed by atoms with E-state index in [0.29, 0.717) is 23.8 Å². The number of nitrogens with zero attached hydrogens (tertiary/aromatic N) is 3. The van der Waals surface area contributed by atoms with Gasteiger partial charge in [0, 0.05) is 25.1 Å². The van der Waals surface area contributed by atoms with Crippen molar-refractivity contribution in [2.24, 2.45) is 5.92 Å². The lowest BCUT2D eigenvalue weighted by Gasteiger charge is -2.20. The van der Waals surface area contributed by atoms with E-state index in [0.717, 1.165) is 5.56 Å². The van der Waals surface area contributed by atoms with Gasteiger partial charge in [0.25, 0.3) is 0 Å². The van der Waals surface area contributed by atoms with E-state index >= 15 is 0 Å². The Morgan fingerprint density at radius 1 is 1.35 bits per heavy atom. The summed E-state index contributed by atoms with van der Waals surface area (Å²) in [5.41, 5.74) is 1.74. The first-order chi connectivity index (χ1) is 12.4. The van der Waals surface area contributed by atoms with Crippen LogP contribution in [-0.2, 0) is 9.59 Å². The van der Waals surface area contributed by atoms with Gasteiger partial charge in [-0.05, 0) is 38.5 Å². The van der Waals surface area contributed by atoms with Crippen molar-refractivity contribution < 1.29 is 14.3 Å². The molecular weight excluding hydrogens is 332 g/mol. The van der Waals surface area contributed by atoms with E-state index in [9.17, 15) is 9.59 Å². The molecule has 7 heteroatoms. The van der Waals surface area contributed by atoms with Crippen LogP contribution >= 0.6 is 0 Å². The Labute approximate surface area is 152 Å². The van der Waals surface area contributed by atoms with Crippen LogP contribution in [0.4, 0.5) is 11.5 Å². The van der Waals surface area contributed by atoms with E-state index in [1.807, 2.05) is 39.0 Å². The van der Waals surface area contributed by atoms with E-state index < -0.39 is 5.92 Å². The van der Waals surface area contributed by atoms with Crippen LogP contribution in [-0.4, -0.2) is 35.2 Å². The minimum atomic E-state index is -0.414. The Morgan fingerprint density at radius 3 is 2.81 bits per heavy atom. The Bertz CT molecular complexity index is 828. The maximum atomic E-state index is 12.7. The molecule has 2 amide bonds. The summed E-state index contributed by atoms with van der Waals surface area (Å²) in [6.07, 6.45) is 1.83. The minimum Gasteiger partial charge on any atom is -0.495 e. The lowest BCUT2D eigenvalue weighted by molar-refractivity contribution is -0.122. The maximum absolute atomic E-state index is 12.7. The summed E-state index contributed by atoms with van der Waals surface area (Å²) in [5.74, 6) is 0.608. The van der Waals surface area contributed by atoms with Crippen LogP contribution in [0.25, 0.3) is 0 Å². The first-order valence-corrected chi connectivity index (χ1v) is 8.70. The number of anilines is 2. The van der Waals surface area contributed by atoms with Gasteiger partial charge in [0.15, 0.2) is 0 Å². The number of hydrogen-bond donors (Lipinski definition) is 1. The lowest BCUT2D eigenvalue weighted by Crippen LogP contribution is -2.29. The van der Waals surface area contributed by atoms with Crippen molar-refractivity contribution in [3.05, 3.63) is 36.0 Å². The summed E-state index contributed by atoms with van der Waals surface area (Å²) in [4.78, 5) is 26.8. The molecule has 0 radical (unpaired) electrons. The molecule has 0 unspecified atom stereocenters. The molecule has 1 aromatic carbocycles. The molecule has 3 rings (SSSR count). The molecule has 1 aliphatic rings. The van der Waals surface area contributed by atoms with Crippen LogP contribution in [0.15, 0.2) is 30.5 Å². The number of ether oxygens (including phenoxy) is 1. The number of aryl methyl sites for hydroxylation is 1. The van der Waals surface area contributed by atoms with Gasteiger partial charge in [-0.25, -0.2) is 4.68 Å². The second-order valence-corrected chi connectivity index (χ2v) is 6.82. The lowest BCUT2D eigenvalue weighted by atomic mass is 10.1. The number of carbonyl (C=O) groups is 2. The largest absolute Gasteiger partial charge is 0.495 e. The molecule has 0 spiro atoms. The van der Waals surface area contributed by atoms with Crippen LogP contribution in [0, 0.1) is 12.8 Å². The van der Waals surface area contributed by atoms with Gasteiger partial charge in [0.1, 0.15) is 11.6 Å². The molecule has 26 heavy (non-hydrogen) atoms. The van der Waals surface area contributed by atoms with Gasteiger partial charge >= 0.3 is 0 Å². The van der Waals surface area contributed by atoms with Gasteiger partial charge in [-0.15, -0.1) is 0 Å². The monoisotopic (exact) mass is 356 g/mol. The molecule has 138 valence electrons. The summed E-state index contributed by atoms with van der Waals surface area (Å²) in [6, 6.07) is 7.58. The second-order valence-electron chi connectivity index (χ2n) is 6.82. The normalized spacial score (nSPS) is 17.0. The van der Waals surface area contributed by atoms with Crippen LogP contribution < -0.4 is 15.0 Å². The molecule has 0 aliphatic carbocycles. The number of benzene rings is 1. The van der Waals surface area contributed by atoms with E-state index in [1.165, 1.54) is 0 Å². The molecule has 0 bridgehead atoms. The van der Waals surface area contributed by atoms with Crippen molar-refractivity contribution in [2.45, 2.75) is 33.2 Å². The maximum Gasteiger partial charge on any atom is 0.230 e. The zero-order valence-electron chi connectivity index (χ0n) is 15.5. The van der Waals surface area contributed by atoms with Crippen molar-refractivity contribution in [3.8, 4) is 5.75 Å². The summed E-state index contributed by atoms with van der Waals surface area (Å²) in [7, 11) is 1.58. The third-order valence-electron chi connectivity index (χ3n) is 4.53. The van der Waals surface area contributed by atoms with E-state index in [1.54, 1.807) is 29.0 Å². The SMILES string of the molecule is COc1ccc(C)cc1N1C[C@@H](C(=O)Nc2ccnn2C(C)C)CC1=O. The number of methoxy groups -OCH3 is 1. The minimum absolute atomic E-state index is 0.0774. The Kier molecular flexibility index (Phi) is 4.97. The standard InChI is InChI=1S/C19H24N4O3/c1-12(2)23-17(7-8-20-23)21-19(25)14-10-18(24)22(11-14)15-9-13(3)5-6-16(15)26-4/h5-9,12,14H,10-11H2,1-4H3,(H,21,25)/t14-/m0/s1. The zero-order valence-corrected chi connectivity index (χ0v) is 15.5. The zero-order chi connectivity index (χ0) is 18.8. The molecule has 1 atom stereocenters. The van der Waals surface area contributed by atoms with Gasteiger partial charge in [-0.1, -0.05) is 6.07 Å². The topological polar surface area (TPSA) is 76.5 Å². The number of hydrogen-bond acceptors (Lipinski definition) is 4. The van der Waals surface area contributed by atoms with Gasteiger partial charge in [-0.3, -0.25) is 9.59 Å². The fourth-order valence-corrected chi connectivity index (χ4v) is 3.18. The first-order valence-electron chi connectivity index (χ1n) is 8.70. The van der Waals surface area contributed by atoms with Crippen molar-refractivity contribution in [3.63, 3.8) is 0 Å². The fourth-order valence-electron chi connectivity index (χ4n) is 3.18. The average Bonchev–Trinajstić information content (AvgIpc) is 3.21. The van der Waals surface area contributed by atoms with Gasteiger partial charge in [0.05, 0.1) is 24.9 Å². The Morgan fingerprint density at radius 2 is 2.12 bits per heavy atom. The van der Waals surface area contributed by atoms with Gasteiger partial charge in [-0.2, -0.15) is 5.10 Å². The third kappa shape index (κ3) is 3.42. The van der Waals surface area contributed by atoms with E-state index in [4.69, 9.17) is 4.74 Å². The van der Waals surface area contributed by atoms with Crippen molar-refractivity contribution >= 4 is 23.3 Å². The summed E-state index contributed by atoms with van der Waals surface area (Å²) < 4.78 is 7.12. The molecule has 1 aromatic heterocycles. The van der Waals surface area contributed by atoms with Crippen LogP contribution in [0.2, 0.25) is 0 Å². The van der Waals surface area contributed by atoms with Crippen LogP contribution in [0.3, 0.4) is 0 Å². The van der Waals surface area contributed by atoms with Gasteiger partial charge in [0.2, 0.25) is 11.8 Å². The van der Waals surface area contributed by atoms with E-state index in [2.05, 4.69) is 10.4 Å². The molecule has 2 aromatic rings. The molecule has 2 heterocycles. The average molecular weight is 356 g/mol.